The molecule has 0 amide bonds. The highest BCUT2D eigenvalue weighted by Crippen LogP contribution is 2.63. The van der Waals surface area contributed by atoms with Gasteiger partial charge in [-0.2, -0.15) is 0 Å². The second-order valence-corrected chi connectivity index (χ2v) is 10.1. The van der Waals surface area contributed by atoms with Gasteiger partial charge in [0, 0.05) is 34.6 Å². The number of hydrogen-bond acceptors (Lipinski definition) is 5. The zero-order valence-corrected chi connectivity index (χ0v) is 20.3. The number of halogens is 1. The van der Waals surface area contributed by atoms with Crippen LogP contribution in [0.4, 0.5) is 0 Å². The number of rotatable bonds is 6. The van der Waals surface area contributed by atoms with Crippen LogP contribution in [0, 0.1) is 12.3 Å². The maximum atomic E-state index is 12.5. The first kappa shape index (κ1) is 22.5. The lowest BCUT2D eigenvalue weighted by atomic mass is 9.54. The van der Waals surface area contributed by atoms with Crippen molar-refractivity contribution >= 4 is 23.5 Å². The average molecular weight is 448 g/mol. The summed E-state index contributed by atoms with van der Waals surface area (Å²) in [6.07, 6.45) is 9.94. The van der Waals surface area contributed by atoms with Gasteiger partial charge in [0.25, 0.3) is 5.79 Å². The van der Waals surface area contributed by atoms with Crippen LogP contribution in [-0.2, 0) is 4.74 Å². The van der Waals surface area contributed by atoms with Gasteiger partial charge in [-0.1, -0.05) is 11.6 Å². The lowest BCUT2D eigenvalue weighted by molar-refractivity contribution is -0.211. The maximum absolute atomic E-state index is 12.5. The van der Waals surface area contributed by atoms with Gasteiger partial charge in [0.15, 0.2) is 17.3 Å². The Morgan fingerprint density at radius 1 is 1.13 bits per heavy atom. The lowest BCUT2D eigenvalue weighted by Gasteiger charge is -2.59. The molecule has 170 valence electrons. The Hall–Kier alpha value is -1.72. The van der Waals surface area contributed by atoms with Gasteiger partial charge in [-0.05, 0) is 79.5 Å². The Balaban J connectivity index is 1.73. The van der Waals surface area contributed by atoms with Gasteiger partial charge >= 0.3 is 0 Å². The SMILES string of the molecule is CCO/C=C/c1c(Cl)c2c(c(C)c1C(C)=O)OC(C)(C13CCC(N(C)C)(CC1)CC3)O2. The number of fused-ring (bicyclic) bond motifs is 4. The summed E-state index contributed by atoms with van der Waals surface area (Å²) in [5.74, 6) is 0.307. The highest BCUT2D eigenvalue weighted by molar-refractivity contribution is 6.34. The highest BCUT2D eigenvalue weighted by atomic mass is 35.5. The molecule has 31 heavy (non-hydrogen) atoms. The largest absolute Gasteiger partial charge is 0.501 e. The van der Waals surface area contributed by atoms with Crippen molar-refractivity contribution in [3.8, 4) is 11.5 Å². The Morgan fingerprint density at radius 3 is 2.23 bits per heavy atom. The summed E-state index contributed by atoms with van der Waals surface area (Å²) in [4.78, 5) is 14.9. The molecule has 3 saturated carbocycles. The first-order valence-corrected chi connectivity index (χ1v) is 11.7. The van der Waals surface area contributed by atoms with E-state index in [9.17, 15) is 4.79 Å². The standard InChI is InChI=1S/C25H34ClNO4/c1-7-29-15-8-18-19(17(3)28)16(2)21-22(20(18)26)31-23(4,30-21)24-9-12-25(13-10-24,14-11-24)27(5)6/h8,15H,7,9-14H2,1-6H3/b15-8+. The molecule has 1 unspecified atom stereocenters. The average Bonchev–Trinajstić information content (AvgIpc) is 3.13. The Morgan fingerprint density at radius 2 is 1.71 bits per heavy atom. The van der Waals surface area contributed by atoms with Crippen molar-refractivity contribution in [2.45, 2.75) is 77.5 Å². The molecule has 0 N–H and O–H groups in total. The fraction of sp³-hybridized carbons (Fsp3) is 0.640. The molecule has 1 aliphatic heterocycles. The van der Waals surface area contributed by atoms with E-state index in [1.807, 2.05) is 13.8 Å². The zero-order chi connectivity index (χ0) is 22.6. The minimum absolute atomic E-state index is 0.0557. The van der Waals surface area contributed by atoms with E-state index in [1.165, 1.54) is 0 Å². The van der Waals surface area contributed by atoms with Crippen LogP contribution in [0.1, 0.15) is 80.8 Å². The van der Waals surface area contributed by atoms with Crippen LogP contribution in [0.3, 0.4) is 0 Å². The number of benzene rings is 1. The Bertz CT molecular complexity index is 914. The first-order valence-electron chi connectivity index (χ1n) is 11.3. The van der Waals surface area contributed by atoms with E-state index in [-0.39, 0.29) is 11.2 Å². The Kier molecular flexibility index (Phi) is 5.58. The number of nitrogens with zero attached hydrogens (tertiary/aromatic N) is 1. The van der Waals surface area contributed by atoms with Crippen LogP contribution >= 0.6 is 11.6 Å². The smallest absolute Gasteiger partial charge is 0.254 e. The third kappa shape index (κ3) is 3.27. The van der Waals surface area contributed by atoms with Gasteiger partial charge in [0.2, 0.25) is 0 Å². The number of Topliss-reactive ketones (excluding diaryl/α,β-unsaturated/α-hetero) is 1. The third-order valence-electron chi connectivity index (χ3n) is 8.19. The fourth-order valence-corrected chi connectivity index (χ4v) is 6.28. The van der Waals surface area contributed by atoms with E-state index in [0.717, 1.165) is 44.1 Å². The molecule has 1 aromatic rings. The number of hydrogen-bond donors (Lipinski definition) is 0. The van der Waals surface area contributed by atoms with Gasteiger partial charge in [-0.15, -0.1) is 0 Å². The number of carbonyl (C=O) groups excluding carboxylic acids is 1. The van der Waals surface area contributed by atoms with Gasteiger partial charge in [0.1, 0.15) is 0 Å². The third-order valence-corrected chi connectivity index (χ3v) is 8.56. The van der Waals surface area contributed by atoms with Crippen LogP contribution < -0.4 is 9.47 Å². The van der Waals surface area contributed by atoms with Crippen molar-refractivity contribution in [2.75, 3.05) is 20.7 Å². The Labute approximate surface area is 190 Å². The number of ketones is 1. The highest BCUT2D eigenvalue weighted by Gasteiger charge is 2.62. The molecule has 4 aliphatic rings. The van der Waals surface area contributed by atoms with Crippen LogP contribution in [0.2, 0.25) is 5.02 Å². The van der Waals surface area contributed by atoms with E-state index in [1.54, 1.807) is 19.3 Å². The number of ether oxygens (including phenoxy) is 3. The molecule has 2 bridgehead atoms. The van der Waals surface area contributed by atoms with Crippen LogP contribution in [0.5, 0.6) is 11.5 Å². The minimum atomic E-state index is -0.793. The molecular weight excluding hydrogens is 414 g/mol. The van der Waals surface area contributed by atoms with Gasteiger partial charge < -0.3 is 19.1 Å². The van der Waals surface area contributed by atoms with E-state index in [0.29, 0.717) is 39.8 Å². The van der Waals surface area contributed by atoms with Crippen molar-refractivity contribution in [3.63, 3.8) is 0 Å². The molecule has 3 fully saturated rings. The second kappa shape index (κ2) is 7.70. The van der Waals surface area contributed by atoms with Crippen LogP contribution in [-0.4, -0.2) is 42.7 Å². The minimum Gasteiger partial charge on any atom is -0.501 e. The second-order valence-electron chi connectivity index (χ2n) is 9.75. The summed E-state index contributed by atoms with van der Waals surface area (Å²) >= 11 is 6.81. The van der Waals surface area contributed by atoms with Crippen molar-refractivity contribution < 1.29 is 19.0 Å². The summed E-state index contributed by atoms with van der Waals surface area (Å²) in [6, 6.07) is 0. The molecule has 1 heterocycles. The van der Waals surface area contributed by atoms with E-state index < -0.39 is 5.79 Å². The van der Waals surface area contributed by atoms with Crippen molar-refractivity contribution in [1.82, 2.24) is 4.90 Å². The molecule has 6 heteroatoms. The molecule has 1 aromatic carbocycles. The fourth-order valence-electron chi connectivity index (χ4n) is 6.00. The van der Waals surface area contributed by atoms with E-state index in [2.05, 4.69) is 25.9 Å². The van der Waals surface area contributed by atoms with Gasteiger partial charge in [-0.25, -0.2) is 0 Å². The van der Waals surface area contributed by atoms with Crippen molar-refractivity contribution in [3.05, 3.63) is 28.0 Å². The topological polar surface area (TPSA) is 48.0 Å². The summed E-state index contributed by atoms with van der Waals surface area (Å²) in [7, 11) is 4.39. The molecule has 3 aliphatic carbocycles. The molecule has 0 saturated heterocycles. The van der Waals surface area contributed by atoms with Crippen LogP contribution in [0.25, 0.3) is 6.08 Å². The molecule has 1 atom stereocenters. The van der Waals surface area contributed by atoms with Crippen molar-refractivity contribution in [1.29, 1.82) is 0 Å². The van der Waals surface area contributed by atoms with Gasteiger partial charge in [0.05, 0.1) is 17.9 Å². The number of carbonyl (C=O) groups is 1. The normalized spacial score (nSPS) is 31.6. The van der Waals surface area contributed by atoms with E-state index >= 15 is 0 Å². The van der Waals surface area contributed by atoms with Gasteiger partial charge in [-0.3, -0.25) is 4.79 Å². The summed E-state index contributed by atoms with van der Waals surface area (Å²) in [6.45, 7) is 7.98. The predicted octanol–water partition coefficient (Wildman–Crippen LogP) is 6.00. The van der Waals surface area contributed by atoms with Crippen molar-refractivity contribution in [2.24, 2.45) is 5.41 Å². The van der Waals surface area contributed by atoms with E-state index in [4.69, 9.17) is 25.8 Å². The monoisotopic (exact) mass is 447 g/mol. The first-order chi connectivity index (χ1) is 14.6. The summed E-state index contributed by atoms with van der Waals surface area (Å²) < 4.78 is 18.6. The lowest BCUT2D eigenvalue weighted by Crippen LogP contribution is -2.62. The molecule has 5 rings (SSSR count). The summed E-state index contributed by atoms with van der Waals surface area (Å²) in [5, 5.41) is 0.413. The zero-order valence-electron chi connectivity index (χ0n) is 19.6. The quantitative estimate of drug-likeness (QED) is 0.395. The summed E-state index contributed by atoms with van der Waals surface area (Å²) in [5.41, 5.74) is 2.21. The maximum Gasteiger partial charge on any atom is 0.254 e. The molecule has 0 aromatic heterocycles. The molecule has 0 spiro atoms. The molecule has 0 radical (unpaired) electrons. The predicted molar refractivity (Wildman–Crippen MR) is 123 cm³/mol. The van der Waals surface area contributed by atoms with Crippen LogP contribution in [0.15, 0.2) is 6.26 Å². The molecular formula is C25H34ClNO4. The molecule has 5 nitrogen and oxygen atoms in total.